The molecule has 2 bridgehead atoms. The summed E-state index contributed by atoms with van der Waals surface area (Å²) >= 11 is 6.26. The van der Waals surface area contributed by atoms with Crippen molar-refractivity contribution in [2.45, 2.75) is 18.9 Å². The largest absolute Gasteiger partial charge is 0.397 e. The summed E-state index contributed by atoms with van der Waals surface area (Å²) < 4.78 is 0. The minimum absolute atomic E-state index is 0.0535. The van der Waals surface area contributed by atoms with Gasteiger partial charge in [0, 0.05) is 22.9 Å². The number of benzene rings is 2. The molecule has 128 valence electrons. The Morgan fingerprint density at radius 3 is 2.48 bits per heavy atom. The van der Waals surface area contributed by atoms with Crippen LogP contribution in [0.3, 0.4) is 0 Å². The molecule has 2 aromatic rings. The predicted octanol–water partition coefficient (Wildman–Crippen LogP) is 2.77. The van der Waals surface area contributed by atoms with E-state index in [-0.39, 0.29) is 17.9 Å². The third-order valence-corrected chi connectivity index (χ3v) is 6.32. The molecular weight excluding hydrogens is 338 g/mol. The summed E-state index contributed by atoms with van der Waals surface area (Å²) in [5.41, 5.74) is 7.53. The van der Waals surface area contributed by atoms with Gasteiger partial charge in [0.05, 0.1) is 22.3 Å². The molecule has 3 saturated heterocycles. The van der Waals surface area contributed by atoms with Crippen LogP contribution in [0.2, 0.25) is 5.02 Å². The average molecular weight is 356 g/mol. The minimum Gasteiger partial charge on any atom is -0.397 e. The van der Waals surface area contributed by atoms with Crippen molar-refractivity contribution in [2.75, 3.05) is 25.4 Å². The fourth-order valence-electron chi connectivity index (χ4n) is 4.70. The number of carbonyl (C=O) groups excluding carboxylic acids is 2. The Kier molecular flexibility index (Phi) is 3.15. The number of nitrogen functional groups attached to an aromatic ring is 1. The van der Waals surface area contributed by atoms with Crippen LogP contribution in [0, 0.1) is 5.92 Å². The number of imide groups is 1. The van der Waals surface area contributed by atoms with Crippen molar-refractivity contribution in [3.63, 3.8) is 0 Å². The maximum absolute atomic E-state index is 13.2. The highest BCUT2D eigenvalue weighted by Crippen LogP contribution is 2.40. The molecule has 4 aliphatic heterocycles. The summed E-state index contributed by atoms with van der Waals surface area (Å²) in [4.78, 5) is 30.3. The second-order valence-electron chi connectivity index (χ2n) is 7.23. The van der Waals surface area contributed by atoms with Gasteiger partial charge in [0.1, 0.15) is 0 Å². The van der Waals surface area contributed by atoms with Crippen molar-refractivity contribution in [2.24, 2.45) is 5.92 Å². The molecule has 4 aliphatic rings. The molecule has 1 atom stereocenters. The van der Waals surface area contributed by atoms with Gasteiger partial charge in [-0.15, -0.1) is 0 Å². The van der Waals surface area contributed by atoms with E-state index in [1.807, 2.05) is 6.07 Å². The van der Waals surface area contributed by atoms with Crippen LogP contribution in [0.4, 0.5) is 5.69 Å². The zero-order valence-corrected chi connectivity index (χ0v) is 14.4. The summed E-state index contributed by atoms with van der Waals surface area (Å²) in [6.07, 6.45) is 2.09. The lowest BCUT2D eigenvalue weighted by Crippen LogP contribution is -2.60. The van der Waals surface area contributed by atoms with E-state index in [2.05, 4.69) is 4.90 Å². The van der Waals surface area contributed by atoms with E-state index in [9.17, 15) is 9.59 Å². The summed E-state index contributed by atoms with van der Waals surface area (Å²) in [6.45, 7) is 2.90. The van der Waals surface area contributed by atoms with Crippen molar-refractivity contribution >= 4 is 39.9 Å². The van der Waals surface area contributed by atoms with Crippen molar-refractivity contribution in [3.05, 3.63) is 40.4 Å². The van der Waals surface area contributed by atoms with Crippen LogP contribution in [0.5, 0.6) is 0 Å². The Labute approximate surface area is 150 Å². The van der Waals surface area contributed by atoms with Crippen LogP contribution in [-0.2, 0) is 0 Å². The third kappa shape index (κ3) is 1.99. The molecule has 2 amide bonds. The monoisotopic (exact) mass is 355 g/mol. The van der Waals surface area contributed by atoms with Gasteiger partial charge in [-0.25, -0.2) is 0 Å². The summed E-state index contributed by atoms with van der Waals surface area (Å²) in [5, 5.41) is 1.67. The molecule has 0 radical (unpaired) electrons. The van der Waals surface area contributed by atoms with Crippen LogP contribution in [0.1, 0.15) is 33.6 Å². The molecule has 3 fully saturated rings. The number of nitrogens with zero attached hydrogens (tertiary/aromatic N) is 2. The number of nitrogens with two attached hydrogens (primary N) is 1. The molecular formula is C19H18ClN3O2. The lowest BCUT2D eigenvalue weighted by molar-refractivity contribution is 0.00882. The highest BCUT2D eigenvalue weighted by Gasteiger charge is 2.45. The van der Waals surface area contributed by atoms with Gasteiger partial charge in [0.15, 0.2) is 0 Å². The second kappa shape index (κ2) is 5.19. The Hall–Kier alpha value is -2.11. The van der Waals surface area contributed by atoms with Crippen LogP contribution in [0.15, 0.2) is 24.3 Å². The number of anilines is 1. The summed E-state index contributed by atoms with van der Waals surface area (Å²) in [5.74, 6) is -0.0548. The van der Waals surface area contributed by atoms with Gasteiger partial charge in [0.25, 0.3) is 11.8 Å². The van der Waals surface area contributed by atoms with Gasteiger partial charge in [0.2, 0.25) is 0 Å². The highest BCUT2D eigenvalue weighted by molar-refractivity contribution is 6.37. The molecule has 5 nitrogen and oxygen atoms in total. The van der Waals surface area contributed by atoms with Crippen molar-refractivity contribution in [1.29, 1.82) is 0 Å². The molecule has 4 heterocycles. The van der Waals surface area contributed by atoms with E-state index in [0.29, 0.717) is 38.5 Å². The predicted molar refractivity (Wildman–Crippen MR) is 96.8 cm³/mol. The van der Waals surface area contributed by atoms with Crippen LogP contribution in [0.25, 0.3) is 10.8 Å². The third-order valence-electron chi connectivity index (χ3n) is 6.00. The molecule has 0 unspecified atom stereocenters. The van der Waals surface area contributed by atoms with Crippen LogP contribution in [-0.4, -0.2) is 47.3 Å². The van der Waals surface area contributed by atoms with E-state index in [1.54, 1.807) is 18.2 Å². The zero-order valence-electron chi connectivity index (χ0n) is 13.7. The van der Waals surface area contributed by atoms with E-state index in [1.165, 1.54) is 4.90 Å². The minimum atomic E-state index is -0.241. The van der Waals surface area contributed by atoms with E-state index in [4.69, 9.17) is 17.3 Å². The van der Waals surface area contributed by atoms with Gasteiger partial charge in [-0.2, -0.15) is 0 Å². The van der Waals surface area contributed by atoms with Gasteiger partial charge >= 0.3 is 0 Å². The van der Waals surface area contributed by atoms with Gasteiger partial charge in [-0.05, 0) is 44.0 Å². The number of fused-ring (bicyclic) bond motifs is 3. The summed E-state index contributed by atoms with van der Waals surface area (Å²) in [6, 6.07) is 6.96. The maximum Gasteiger partial charge on any atom is 0.261 e. The van der Waals surface area contributed by atoms with E-state index >= 15 is 0 Å². The Balaban J connectivity index is 1.70. The first-order valence-electron chi connectivity index (χ1n) is 8.67. The maximum atomic E-state index is 13.2. The quantitative estimate of drug-likeness (QED) is 0.631. The second-order valence-corrected chi connectivity index (χ2v) is 7.64. The molecule has 0 saturated carbocycles. The normalized spacial score (nSPS) is 28.0. The van der Waals surface area contributed by atoms with Gasteiger partial charge in [-0.1, -0.05) is 23.7 Å². The number of piperidine rings is 3. The molecule has 0 aromatic heterocycles. The molecule has 6 rings (SSSR count). The first-order valence-corrected chi connectivity index (χ1v) is 9.05. The number of halogens is 1. The molecule has 6 heteroatoms. The van der Waals surface area contributed by atoms with E-state index < -0.39 is 0 Å². The summed E-state index contributed by atoms with van der Waals surface area (Å²) in [7, 11) is 0. The smallest absolute Gasteiger partial charge is 0.261 e. The van der Waals surface area contributed by atoms with Crippen molar-refractivity contribution in [1.82, 2.24) is 9.80 Å². The number of hydrogen-bond donors (Lipinski definition) is 1. The molecule has 0 spiro atoms. The highest BCUT2D eigenvalue weighted by atomic mass is 35.5. The SMILES string of the molecule is Nc1c(Cl)cc2c3c(cccc13)C(=O)N([C@@H]1CN3CCC1CC3)C2=O. The molecule has 25 heavy (non-hydrogen) atoms. The Bertz CT molecular complexity index is 934. The topological polar surface area (TPSA) is 66.6 Å². The fourth-order valence-corrected chi connectivity index (χ4v) is 4.91. The Morgan fingerprint density at radius 1 is 1.08 bits per heavy atom. The fraction of sp³-hybridized carbons (Fsp3) is 0.368. The van der Waals surface area contributed by atoms with Crippen molar-refractivity contribution in [3.8, 4) is 0 Å². The standard InChI is InChI=1S/C19H18ClN3O2/c20-14-8-13-16-11(17(14)21)2-1-3-12(16)18(24)23(19(13)25)15-9-22-6-4-10(15)5-7-22/h1-3,8,10,15H,4-7,9,21H2/t15-/m1/s1. The molecule has 2 aromatic carbocycles. The lowest BCUT2D eigenvalue weighted by atomic mass is 9.81. The van der Waals surface area contributed by atoms with E-state index in [0.717, 1.165) is 32.5 Å². The number of amides is 2. The average Bonchev–Trinajstić information content (AvgIpc) is 2.64. The zero-order chi connectivity index (χ0) is 17.3. The first kappa shape index (κ1) is 15.2. The van der Waals surface area contributed by atoms with Crippen LogP contribution >= 0.6 is 11.6 Å². The van der Waals surface area contributed by atoms with Gasteiger partial charge in [-0.3, -0.25) is 14.5 Å². The number of carbonyl (C=O) groups is 2. The van der Waals surface area contributed by atoms with Crippen molar-refractivity contribution < 1.29 is 9.59 Å². The Morgan fingerprint density at radius 2 is 1.80 bits per heavy atom. The lowest BCUT2D eigenvalue weighted by Gasteiger charge is -2.49. The van der Waals surface area contributed by atoms with Gasteiger partial charge < -0.3 is 10.6 Å². The van der Waals surface area contributed by atoms with Crippen LogP contribution < -0.4 is 5.73 Å². The number of rotatable bonds is 1. The number of hydrogen-bond acceptors (Lipinski definition) is 4. The first-order chi connectivity index (χ1) is 12.1. The molecule has 0 aliphatic carbocycles. The molecule has 2 N–H and O–H groups in total.